The van der Waals surface area contributed by atoms with Gasteiger partial charge in [-0.25, -0.2) is 0 Å². The highest BCUT2D eigenvalue weighted by Gasteiger charge is 2.26. The Bertz CT molecular complexity index is 3190. The van der Waals surface area contributed by atoms with Gasteiger partial charge in [0.1, 0.15) is 5.58 Å². The third kappa shape index (κ3) is 4.64. The van der Waals surface area contributed by atoms with E-state index in [9.17, 15) is 0 Å². The molecule has 9 aromatic carbocycles. The van der Waals surface area contributed by atoms with E-state index in [1.807, 2.05) is 17.4 Å². The van der Waals surface area contributed by atoms with Crippen LogP contribution >= 0.6 is 11.3 Å². The van der Waals surface area contributed by atoms with Crippen molar-refractivity contribution in [3.63, 3.8) is 0 Å². The second-order valence-electron chi connectivity index (χ2n) is 13.6. The van der Waals surface area contributed by atoms with Gasteiger partial charge in [-0.05, 0) is 69.2 Å². The molecule has 0 saturated carbocycles. The van der Waals surface area contributed by atoms with Crippen LogP contribution in [0.4, 0.5) is 17.1 Å². The molecule has 11 rings (SSSR count). The quantitative estimate of drug-likeness (QED) is 0.167. The van der Waals surface area contributed by atoms with Crippen LogP contribution in [0, 0.1) is 0 Å². The molecule has 2 heterocycles. The molecule has 0 amide bonds. The minimum atomic E-state index is 0.862. The Morgan fingerprint density at radius 2 is 1.02 bits per heavy atom. The molecule has 0 fully saturated rings. The molecule has 0 radical (unpaired) electrons. The maximum Gasteiger partial charge on any atom is 0.159 e. The number of furan rings is 1. The van der Waals surface area contributed by atoms with E-state index in [0.717, 1.165) is 44.6 Å². The van der Waals surface area contributed by atoms with Gasteiger partial charge in [0.2, 0.25) is 0 Å². The van der Waals surface area contributed by atoms with E-state index in [-0.39, 0.29) is 0 Å². The molecule has 0 aliphatic carbocycles. The summed E-state index contributed by atoms with van der Waals surface area (Å²) in [4.78, 5) is 2.46. The van der Waals surface area contributed by atoms with Crippen molar-refractivity contribution in [2.75, 3.05) is 4.90 Å². The van der Waals surface area contributed by atoms with E-state index in [1.165, 1.54) is 58.4 Å². The summed E-state index contributed by atoms with van der Waals surface area (Å²) in [6, 6.07) is 68.0. The predicted molar refractivity (Wildman–Crippen MR) is 227 cm³/mol. The molecular formula is C50H31NOS. The number of hydrogen-bond acceptors (Lipinski definition) is 3. The maximum atomic E-state index is 6.82. The lowest BCUT2D eigenvalue weighted by molar-refractivity contribution is 0.669. The summed E-state index contributed by atoms with van der Waals surface area (Å²) >= 11 is 1.86. The van der Waals surface area contributed by atoms with Crippen LogP contribution in [0.25, 0.3) is 85.9 Å². The first-order valence-electron chi connectivity index (χ1n) is 18.0. The Kier molecular flexibility index (Phi) is 6.76. The minimum Gasteiger partial charge on any atom is -0.454 e. The third-order valence-electron chi connectivity index (χ3n) is 10.6. The molecule has 53 heavy (non-hydrogen) atoms. The molecule has 0 atom stereocenters. The molecule has 0 saturated heterocycles. The van der Waals surface area contributed by atoms with Crippen molar-refractivity contribution >= 4 is 92.1 Å². The van der Waals surface area contributed by atoms with Crippen LogP contribution in [0.15, 0.2) is 192 Å². The summed E-state index contributed by atoms with van der Waals surface area (Å²) < 4.78 is 9.42. The lowest BCUT2D eigenvalue weighted by Crippen LogP contribution is -2.13. The zero-order valence-corrected chi connectivity index (χ0v) is 29.5. The van der Waals surface area contributed by atoms with Crippen molar-refractivity contribution in [2.24, 2.45) is 0 Å². The Morgan fingerprint density at radius 1 is 0.415 bits per heavy atom. The molecule has 3 heteroatoms. The minimum absolute atomic E-state index is 0.862. The van der Waals surface area contributed by atoms with Crippen LogP contribution in [0.1, 0.15) is 0 Å². The molecule has 248 valence electrons. The monoisotopic (exact) mass is 693 g/mol. The number of thiophene rings is 1. The van der Waals surface area contributed by atoms with Gasteiger partial charge in [0.05, 0.1) is 11.4 Å². The lowest BCUT2D eigenvalue weighted by atomic mass is 9.89. The average Bonchev–Trinajstić information content (AvgIpc) is 3.81. The van der Waals surface area contributed by atoms with E-state index in [0.29, 0.717) is 0 Å². The summed E-state index contributed by atoms with van der Waals surface area (Å²) in [5.74, 6) is 0. The second kappa shape index (κ2) is 11.9. The Labute approximate surface area is 310 Å². The maximum absolute atomic E-state index is 6.82. The molecule has 0 N–H and O–H groups in total. The molecule has 2 aromatic heterocycles. The zero-order valence-electron chi connectivity index (χ0n) is 28.7. The fourth-order valence-corrected chi connectivity index (χ4v) is 9.51. The Morgan fingerprint density at radius 3 is 1.87 bits per heavy atom. The SMILES string of the molecule is c1ccc(-c2c(N(c3cccc(-c4cccc5sc6ccccc6c45)c3)c3cccc4c3oc3ccccc34)c3ccccc3c3ccccc23)cc1. The number of rotatable bonds is 5. The van der Waals surface area contributed by atoms with Crippen LogP contribution in [0.3, 0.4) is 0 Å². The molecule has 0 aliphatic heterocycles. The van der Waals surface area contributed by atoms with Crippen molar-refractivity contribution in [3.05, 3.63) is 188 Å². The summed E-state index contributed by atoms with van der Waals surface area (Å²) in [5, 5.41) is 9.64. The van der Waals surface area contributed by atoms with Crippen LogP contribution < -0.4 is 4.90 Å². The van der Waals surface area contributed by atoms with E-state index < -0.39 is 0 Å². The Hall–Kier alpha value is -6.68. The highest BCUT2D eigenvalue weighted by molar-refractivity contribution is 7.25. The lowest BCUT2D eigenvalue weighted by Gasteiger charge is -2.31. The van der Waals surface area contributed by atoms with Crippen molar-refractivity contribution in [1.82, 2.24) is 0 Å². The van der Waals surface area contributed by atoms with Crippen molar-refractivity contribution < 1.29 is 4.42 Å². The zero-order chi connectivity index (χ0) is 34.9. The van der Waals surface area contributed by atoms with Crippen LogP contribution in [0.5, 0.6) is 0 Å². The molecule has 11 aromatic rings. The standard InChI is InChI=1S/C50H31NOS/c1-2-15-32(16-3-1)47-39-22-6-4-19-36(39)37-20-5-7-23-40(37)49(47)51(43-27-13-26-41-38-21-8-10-28-44(38)52-50(41)43)34-18-12-17-33(31-34)35-25-14-30-46-48(35)42-24-9-11-29-45(42)53-46/h1-31H. The highest BCUT2D eigenvalue weighted by Crippen LogP contribution is 2.52. The summed E-state index contributed by atoms with van der Waals surface area (Å²) in [6.07, 6.45) is 0. The largest absolute Gasteiger partial charge is 0.454 e. The number of benzene rings is 9. The fourth-order valence-electron chi connectivity index (χ4n) is 8.38. The van der Waals surface area contributed by atoms with E-state index >= 15 is 0 Å². The van der Waals surface area contributed by atoms with Crippen molar-refractivity contribution in [2.45, 2.75) is 0 Å². The van der Waals surface area contributed by atoms with Crippen LogP contribution in [-0.2, 0) is 0 Å². The van der Waals surface area contributed by atoms with Gasteiger partial charge in [-0.1, -0.05) is 152 Å². The number of para-hydroxylation sites is 2. The number of hydrogen-bond donors (Lipinski definition) is 0. The topological polar surface area (TPSA) is 16.4 Å². The molecule has 0 bridgehead atoms. The molecule has 0 spiro atoms. The van der Waals surface area contributed by atoms with Gasteiger partial charge in [0, 0.05) is 47.6 Å². The summed E-state index contributed by atoms with van der Waals surface area (Å²) in [5.41, 5.74) is 9.67. The van der Waals surface area contributed by atoms with Gasteiger partial charge in [-0.3, -0.25) is 0 Å². The third-order valence-corrected chi connectivity index (χ3v) is 11.8. The van der Waals surface area contributed by atoms with Crippen LogP contribution in [-0.4, -0.2) is 0 Å². The first-order chi connectivity index (χ1) is 26.3. The van der Waals surface area contributed by atoms with Gasteiger partial charge >= 0.3 is 0 Å². The van der Waals surface area contributed by atoms with Crippen molar-refractivity contribution in [3.8, 4) is 22.3 Å². The average molecular weight is 694 g/mol. The molecule has 2 nitrogen and oxygen atoms in total. The number of anilines is 3. The van der Waals surface area contributed by atoms with Crippen molar-refractivity contribution in [1.29, 1.82) is 0 Å². The summed E-state index contributed by atoms with van der Waals surface area (Å²) in [6.45, 7) is 0. The summed E-state index contributed by atoms with van der Waals surface area (Å²) in [7, 11) is 0. The smallest absolute Gasteiger partial charge is 0.159 e. The molecule has 0 aliphatic rings. The number of nitrogens with zero attached hydrogens (tertiary/aromatic N) is 1. The van der Waals surface area contributed by atoms with Gasteiger partial charge in [0.25, 0.3) is 0 Å². The molecular weight excluding hydrogens is 663 g/mol. The first kappa shape index (κ1) is 30.0. The number of fused-ring (bicyclic) bond motifs is 9. The highest BCUT2D eigenvalue weighted by atomic mass is 32.1. The van der Waals surface area contributed by atoms with Crippen LogP contribution in [0.2, 0.25) is 0 Å². The van der Waals surface area contributed by atoms with E-state index in [1.54, 1.807) is 0 Å². The van der Waals surface area contributed by atoms with Gasteiger partial charge in [0.15, 0.2) is 5.58 Å². The van der Waals surface area contributed by atoms with Gasteiger partial charge < -0.3 is 9.32 Å². The van der Waals surface area contributed by atoms with Gasteiger partial charge in [-0.15, -0.1) is 11.3 Å². The Balaban J connectivity index is 1.28. The van der Waals surface area contributed by atoms with Gasteiger partial charge in [-0.2, -0.15) is 0 Å². The molecule has 0 unspecified atom stereocenters. The second-order valence-corrected chi connectivity index (χ2v) is 14.7. The first-order valence-corrected chi connectivity index (χ1v) is 18.8. The van der Waals surface area contributed by atoms with E-state index in [4.69, 9.17) is 4.42 Å². The fraction of sp³-hybridized carbons (Fsp3) is 0. The van der Waals surface area contributed by atoms with E-state index in [2.05, 4.69) is 187 Å². The normalized spacial score (nSPS) is 11.8. The predicted octanol–water partition coefficient (Wildman–Crippen LogP) is 15.1.